The highest BCUT2D eigenvalue weighted by atomic mass is 16.6. The van der Waals surface area contributed by atoms with Crippen LogP contribution >= 0.6 is 0 Å². The second-order valence-electron chi connectivity index (χ2n) is 6.29. The van der Waals surface area contributed by atoms with E-state index in [0.717, 1.165) is 0 Å². The molecule has 2 N–H and O–H groups in total. The van der Waals surface area contributed by atoms with E-state index in [1.165, 1.54) is 19.2 Å². The second-order valence-corrected chi connectivity index (χ2v) is 6.29. The molecule has 1 aliphatic rings. The molecule has 0 aromatic heterocycles. The molecule has 2 rings (SSSR count). The van der Waals surface area contributed by atoms with Gasteiger partial charge in [-0.1, -0.05) is 0 Å². The van der Waals surface area contributed by atoms with Crippen LogP contribution in [0.2, 0.25) is 0 Å². The molecule has 10 heteroatoms. The SMILES string of the molecule is CCOc1cc(C2NC(=O)NC(C)=C2C(=O)OC(C)C)cc([N+](=O)[O-])c1OC. The average molecular weight is 393 g/mol. The molecule has 152 valence electrons. The van der Waals surface area contributed by atoms with E-state index in [2.05, 4.69) is 10.6 Å². The lowest BCUT2D eigenvalue weighted by molar-refractivity contribution is -0.385. The van der Waals surface area contributed by atoms with Gasteiger partial charge in [-0.25, -0.2) is 9.59 Å². The molecule has 1 atom stereocenters. The first-order valence-electron chi connectivity index (χ1n) is 8.67. The number of nitrogens with zero attached hydrogens (tertiary/aromatic N) is 1. The summed E-state index contributed by atoms with van der Waals surface area (Å²) in [5.74, 6) is -0.541. The van der Waals surface area contributed by atoms with Gasteiger partial charge in [0.15, 0.2) is 5.75 Å². The first kappa shape index (κ1) is 21.0. The van der Waals surface area contributed by atoms with Gasteiger partial charge in [0.1, 0.15) is 0 Å². The van der Waals surface area contributed by atoms with Gasteiger partial charge >= 0.3 is 17.7 Å². The highest BCUT2D eigenvalue weighted by Gasteiger charge is 2.35. The van der Waals surface area contributed by atoms with Gasteiger partial charge in [-0.05, 0) is 39.3 Å². The number of amides is 2. The Morgan fingerprint density at radius 2 is 2.04 bits per heavy atom. The van der Waals surface area contributed by atoms with Crippen LogP contribution in [-0.2, 0) is 9.53 Å². The van der Waals surface area contributed by atoms with Gasteiger partial charge in [0.25, 0.3) is 0 Å². The summed E-state index contributed by atoms with van der Waals surface area (Å²) in [5, 5.41) is 16.7. The van der Waals surface area contributed by atoms with Gasteiger partial charge in [0.2, 0.25) is 5.75 Å². The van der Waals surface area contributed by atoms with Crippen LogP contribution in [0.4, 0.5) is 10.5 Å². The summed E-state index contributed by atoms with van der Waals surface area (Å²) >= 11 is 0. The summed E-state index contributed by atoms with van der Waals surface area (Å²) in [7, 11) is 1.30. The first-order valence-corrected chi connectivity index (χ1v) is 8.67. The Labute approximate surface area is 162 Å². The number of nitro groups is 1. The number of benzene rings is 1. The van der Waals surface area contributed by atoms with Gasteiger partial charge in [0.05, 0.1) is 36.4 Å². The van der Waals surface area contributed by atoms with Gasteiger partial charge < -0.3 is 24.8 Å². The number of nitro benzene ring substituents is 1. The maximum Gasteiger partial charge on any atom is 0.338 e. The third-order valence-electron chi connectivity index (χ3n) is 3.92. The van der Waals surface area contributed by atoms with Crippen molar-refractivity contribution in [2.45, 2.75) is 39.8 Å². The quantitative estimate of drug-likeness (QED) is 0.414. The number of esters is 1. The number of allylic oxidation sites excluding steroid dienone is 1. The first-order chi connectivity index (χ1) is 13.2. The van der Waals surface area contributed by atoms with Crippen molar-refractivity contribution in [3.05, 3.63) is 39.1 Å². The molecule has 1 aromatic rings. The Morgan fingerprint density at radius 1 is 1.36 bits per heavy atom. The molecule has 2 amide bonds. The zero-order valence-electron chi connectivity index (χ0n) is 16.3. The van der Waals surface area contributed by atoms with Crippen molar-refractivity contribution < 1.29 is 28.7 Å². The van der Waals surface area contributed by atoms with Crippen molar-refractivity contribution in [2.24, 2.45) is 0 Å². The van der Waals surface area contributed by atoms with E-state index < -0.39 is 23.0 Å². The van der Waals surface area contributed by atoms with E-state index in [1.807, 2.05) is 0 Å². The molecule has 1 aromatic carbocycles. The largest absolute Gasteiger partial charge is 0.490 e. The van der Waals surface area contributed by atoms with E-state index in [4.69, 9.17) is 14.2 Å². The topological polar surface area (TPSA) is 129 Å². The Kier molecular flexibility index (Phi) is 6.45. The smallest absolute Gasteiger partial charge is 0.338 e. The van der Waals surface area contributed by atoms with Crippen molar-refractivity contribution in [3.63, 3.8) is 0 Å². The van der Waals surface area contributed by atoms with Crippen LogP contribution in [0.1, 0.15) is 39.3 Å². The molecule has 0 bridgehead atoms. The summed E-state index contributed by atoms with van der Waals surface area (Å²) in [6, 6.07) is 1.25. The number of ether oxygens (including phenoxy) is 3. The Balaban J connectivity index is 2.65. The lowest BCUT2D eigenvalue weighted by Gasteiger charge is -2.29. The zero-order chi connectivity index (χ0) is 21.0. The van der Waals surface area contributed by atoms with Crippen molar-refractivity contribution in [2.75, 3.05) is 13.7 Å². The molecule has 0 saturated carbocycles. The molecule has 0 radical (unpaired) electrons. The lowest BCUT2D eigenvalue weighted by atomic mass is 9.94. The van der Waals surface area contributed by atoms with E-state index in [9.17, 15) is 19.7 Å². The zero-order valence-corrected chi connectivity index (χ0v) is 16.3. The van der Waals surface area contributed by atoms with Crippen LogP contribution in [0.15, 0.2) is 23.4 Å². The number of rotatable bonds is 7. The maximum atomic E-state index is 12.6. The molecule has 1 unspecified atom stereocenters. The Bertz CT molecular complexity index is 833. The van der Waals surface area contributed by atoms with Gasteiger partial charge in [-0.15, -0.1) is 0 Å². The Hall–Kier alpha value is -3.30. The third-order valence-corrected chi connectivity index (χ3v) is 3.92. The van der Waals surface area contributed by atoms with Gasteiger partial charge in [-0.2, -0.15) is 0 Å². The molecule has 1 aliphatic heterocycles. The van der Waals surface area contributed by atoms with Crippen molar-refractivity contribution >= 4 is 17.7 Å². The lowest BCUT2D eigenvalue weighted by Crippen LogP contribution is -2.45. The molecular weight excluding hydrogens is 370 g/mol. The summed E-state index contributed by atoms with van der Waals surface area (Å²) in [4.78, 5) is 35.5. The molecule has 0 saturated heterocycles. The number of hydrogen-bond acceptors (Lipinski definition) is 7. The van der Waals surface area contributed by atoms with Gasteiger partial charge in [0, 0.05) is 11.8 Å². The fourth-order valence-electron chi connectivity index (χ4n) is 2.87. The van der Waals surface area contributed by atoms with Crippen LogP contribution in [-0.4, -0.2) is 36.7 Å². The van der Waals surface area contributed by atoms with Crippen molar-refractivity contribution in [3.8, 4) is 11.5 Å². The number of carbonyl (C=O) groups excluding carboxylic acids is 2. The minimum atomic E-state index is -0.955. The van der Waals surface area contributed by atoms with E-state index in [0.29, 0.717) is 11.3 Å². The Morgan fingerprint density at radius 3 is 2.57 bits per heavy atom. The number of methoxy groups -OCH3 is 1. The van der Waals surface area contributed by atoms with Crippen LogP contribution < -0.4 is 20.1 Å². The molecular formula is C18H23N3O7. The monoisotopic (exact) mass is 393 g/mol. The number of carbonyl (C=O) groups is 2. The van der Waals surface area contributed by atoms with E-state index in [1.54, 1.807) is 27.7 Å². The predicted molar refractivity (Wildman–Crippen MR) is 99.2 cm³/mol. The summed E-state index contributed by atoms with van der Waals surface area (Å²) in [6.45, 7) is 6.92. The standard InChI is InChI=1S/C18H23N3O7/c1-6-27-13-8-11(7-12(21(24)25)16(13)26-5)15-14(17(22)28-9(2)3)10(4)19-18(23)20-15/h7-9,15H,6H2,1-5H3,(H2,19,20,23). The maximum absolute atomic E-state index is 12.6. The molecule has 10 nitrogen and oxygen atoms in total. The van der Waals surface area contributed by atoms with Gasteiger partial charge in [-0.3, -0.25) is 10.1 Å². The normalized spacial score (nSPS) is 16.4. The van der Waals surface area contributed by atoms with Crippen LogP contribution in [0.3, 0.4) is 0 Å². The summed E-state index contributed by atoms with van der Waals surface area (Å²) < 4.78 is 15.9. The molecule has 0 fully saturated rings. The second kappa shape index (κ2) is 8.59. The van der Waals surface area contributed by atoms with E-state index >= 15 is 0 Å². The van der Waals surface area contributed by atoms with Crippen LogP contribution in [0.25, 0.3) is 0 Å². The van der Waals surface area contributed by atoms with Crippen LogP contribution in [0, 0.1) is 10.1 Å². The highest BCUT2D eigenvalue weighted by molar-refractivity contribution is 5.95. The minimum Gasteiger partial charge on any atom is -0.490 e. The van der Waals surface area contributed by atoms with Crippen LogP contribution in [0.5, 0.6) is 11.5 Å². The number of nitrogens with one attached hydrogen (secondary N) is 2. The molecule has 28 heavy (non-hydrogen) atoms. The molecule has 0 aliphatic carbocycles. The third kappa shape index (κ3) is 4.33. The highest BCUT2D eigenvalue weighted by Crippen LogP contribution is 2.41. The summed E-state index contributed by atoms with van der Waals surface area (Å²) in [6.07, 6.45) is -0.379. The molecule has 1 heterocycles. The average Bonchev–Trinajstić information content (AvgIpc) is 2.59. The minimum absolute atomic E-state index is 0.0390. The van der Waals surface area contributed by atoms with Crippen molar-refractivity contribution in [1.29, 1.82) is 0 Å². The fourth-order valence-corrected chi connectivity index (χ4v) is 2.87. The van der Waals surface area contributed by atoms with Crippen molar-refractivity contribution in [1.82, 2.24) is 10.6 Å². The summed E-state index contributed by atoms with van der Waals surface area (Å²) in [5.41, 5.74) is 0.400. The van der Waals surface area contributed by atoms with E-state index in [-0.39, 0.29) is 35.5 Å². The molecule has 0 spiro atoms. The predicted octanol–water partition coefficient (Wildman–Crippen LogP) is 2.58. The number of urea groups is 1. The fraction of sp³-hybridized carbons (Fsp3) is 0.444. The number of hydrogen-bond donors (Lipinski definition) is 2.